The van der Waals surface area contributed by atoms with Gasteiger partial charge in [0, 0.05) is 18.2 Å². The predicted octanol–water partition coefficient (Wildman–Crippen LogP) is 2.13. The number of methoxy groups -OCH3 is 1. The lowest BCUT2D eigenvalue weighted by Gasteiger charge is -2.18. The van der Waals surface area contributed by atoms with Crippen molar-refractivity contribution in [3.05, 3.63) is 24.3 Å². The van der Waals surface area contributed by atoms with Crippen LogP contribution in [0.4, 0.5) is 5.69 Å². The molecule has 2 N–H and O–H groups in total. The molecule has 0 spiro atoms. The summed E-state index contributed by atoms with van der Waals surface area (Å²) in [5.74, 6) is -0.704. The minimum atomic E-state index is -1.08. The highest BCUT2D eigenvalue weighted by molar-refractivity contribution is 5.94. The fourth-order valence-corrected chi connectivity index (χ4v) is 1.38. The Balaban J connectivity index is 2.67. The van der Waals surface area contributed by atoms with Gasteiger partial charge >= 0.3 is 5.97 Å². The molecule has 0 atom stereocenters. The maximum atomic E-state index is 11.7. The number of carbonyl (C=O) groups excluding carboxylic acids is 1. The van der Waals surface area contributed by atoms with E-state index in [9.17, 15) is 9.59 Å². The van der Waals surface area contributed by atoms with Gasteiger partial charge in [0.15, 0.2) is 0 Å². The maximum Gasteiger partial charge on any atom is 0.309 e. The van der Waals surface area contributed by atoms with Gasteiger partial charge in [0.25, 0.3) is 0 Å². The number of rotatable bonds is 5. The summed E-state index contributed by atoms with van der Waals surface area (Å²) in [4.78, 5) is 22.6. The molecule has 0 aliphatic carbocycles. The third-order valence-corrected chi connectivity index (χ3v) is 2.53. The van der Waals surface area contributed by atoms with Crippen molar-refractivity contribution < 1.29 is 19.4 Å². The lowest BCUT2D eigenvalue weighted by atomic mass is 9.89. The molecule has 1 amide bonds. The molecule has 0 saturated carbocycles. The highest BCUT2D eigenvalue weighted by Crippen LogP contribution is 2.22. The van der Waals surface area contributed by atoms with Crippen LogP contribution >= 0.6 is 0 Å². The molecule has 5 heteroatoms. The van der Waals surface area contributed by atoms with Crippen molar-refractivity contribution in [3.8, 4) is 5.75 Å². The Morgan fingerprint density at radius 1 is 1.39 bits per heavy atom. The molecule has 18 heavy (non-hydrogen) atoms. The first-order valence-corrected chi connectivity index (χ1v) is 5.52. The fourth-order valence-electron chi connectivity index (χ4n) is 1.38. The third-order valence-electron chi connectivity index (χ3n) is 2.53. The average Bonchev–Trinajstić information content (AvgIpc) is 2.28. The molecule has 0 aliphatic heterocycles. The van der Waals surface area contributed by atoms with E-state index >= 15 is 0 Å². The van der Waals surface area contributed by atoms with Crippen LogP contribution < -0.4 is 10.1 Å². The highest BCUT2D eigenvalue weighted by Gasteiger charge is 2.30. The van der Waals surface area contributed by atoms with Crippen LogP contribution in [0.3, 0.4) is 0 Å². The molecule has 0 fully saturated rings. The summed E-state index contributed by atoms with van der Waals surface area (Å²) < 4.78 is 5.03. The lowest BCUT2D eigenvalue weighted by molar-refractivity contribution is -0.148. The van der Waals surface area contributed by atoms with Gasteiger partial charge in [0.2, 0.25) is 5.91 Å². The first-order chi connectivity index (χ1) is 8.35. The number of anilines is 1. The van der Waals surface area contributed by atoms with Crippen molar-refractivity contribution in [2.24, 2.45) is 5.41 Å². The summed E-state index contributed by atoms with van der Waals surface area (Å²) >= 11 is 0. The molecular weight excluding hydrogens is 234 g/mol. The molecule has 5 nitrogen and oxygen atoms in total. The van der Waals surface area contributed by atoms with Gasteiger partial charge in [-0.3, -0.25) is 9.59 Å². The van der Waals surface area contributed by atoms with Crippen LogP contribution in [0, 0.1) is 5.41 Å². The lowest BCUT2D eigenvalue weighted by Crippen LogP contribution is -2.29. The van der Waals surface area contributed by atoms with E-state index < -0.39 is 11.4 Å². The van der Waals surface area contributed by atoms with Crippen molar-refractivity contribution in [2.75, 3.05) is 12.4 Å². The molecule has 1 aromatic rings. The van der Waals surface area contributed by atoms with Crippen LogP contribution in [0.25, 0.3) is 0 Å². The van der Waals surface area contributed by atoms with Crippen LogP contribution in [0.2, 0.25) is 0 Å². The molecule has 0 unspecified atom stereocenters. The van der Waals surface area contributed by atoms with E-state index in [1.165, 1.54) is 21.0 Å². The summed E-state index contributed by atoms with van der Waals surface area (Å²) in [5, 5.41) is 11.6. The van der Waals surface area contributed by atoms with Crippen LogP contribution in [0.15, 0.2) is 24.3 Å². The maximum absolute atomic E-state index is 11.7. The second kappa shape index (κ2) is 5.53. The molecule has 1 aromatic carbocycles. The quantitative estimate of drug-likeness (QED) is 0.840. The highest BCUT2D eigenvalue weighted by atomic mass is 16.5. The van der Waals surface area contributed by atoms with Gasteiger partial charge < -0.3 is 15.2 Å². The number of aliphatic carboxylic acids is 1. The van der Waals surface area contributed by atoms with E-state index in [-0.39, 0.29) is 12.3 Å². The second-order valence-corrected chi connectivity index (χ2v) is 4.65. The van der Waals surface area contributed by atoms with Crippen LogP contribution in [-0.2, 0) is 9.59 Å². The predicted molar refractivity (Wildman–Crippen MR) is 67.7 cm³/mol. The minimum absolute atomic E-state index is 0.0838. The monoisotopic (exact) mass is 251 g/mol. The number of ether oxygens (including phenoxy) is 1. The number of benzene rings is 1. The standard InChI is InChI=1S/C13H17NO4/c1-13(2,12(16)17)8-11(15)14-9-5-4-6-10(7-9)18-3/h4-7H,8H2,1-3H3,(H,14,15)(H,16,17). The number of nitrogens with one attached hydrogen (secondary N) is 1. The molecule has 1 rings (SSSR count). The zero-order valence-electron chi connectivity index (χ0n) is 10.7. The van der Waals surface area contributed by atoms with Crippen LogP contribution in [-0.4, -0.2) is 24.1 Å². The summed E-state index contributed by atoms with van der Waals surface area (Å²) in [6, 6.07) is 6.90. The number of carbonyl (C=O) groups is 2. The first-order valence-electron chi connectivity index (χ1n) is 5.52. The molecule has 0 heterocycles. The molecule has 0 aliphatic rings. The SMILES string of the molecule is COc1cccc(NC(=O)CC(C)(C)C(=O)O)c1. The molecular formula is C13H17NO4. The van der Waals surface area contributed by atoms with Crippen LogP contribution in [0.1, 0.15) is 20.3 Å². The van der Waals surface area contributed by atoms with Gasteiger partial charge in [-0.15, -0.1) is 0 Å². The number of amides is 1. The summed E-state index contributed by atoms with van der Waals surface area (Å²) in [6.45, 7) is 3.03. The van der Waals surface area contributed by atoms with E-state index in [0.717, 1.165) is 0 Å². The Labute approximate surface area is 106 Å². The van der Waals surface area contributed by atoms with Gasteiger partial charge in [0.05, 0.1) is 12.5 Å². The Hall–Kier alpha value is -2.04. The number of hydrogen-bond donors (Lipinski definition) is 2. The fraction of sp³-hybridized carbons (Fsp3) is 0.385. The van der Waals surface area contributed by atoms with Crippen molar-refractivity contribution in [1.29, 1.82) is 0 Å². The molecule has 0 aromatic heterocycles. The molecule has 98 valence electrons. The Kier molecular flexibility index (Phi) is 4.31. The van der Waals surface area contributed by atoms with Gasteiger partial charge in [-0.1, -0.05) is 6.07 Å². The smallest absolute Gasteiger partial charge is 0.309 e. The number of hydrogen-bond acceptors (Lipinski definition) is 3. The van der Waals surface area contributed by atoms with Crippen molar-refractivity contribution >= 4 is 17.6 Å². The van der Waals surface area contributed by atoms with Gasteiger partial charge in [-0.05, 0) is 26.0 Å². The molecule has 0 radical (unpaired) electrons. The van der Waals surface area contributed by atoms with Crippen molar-refractivity contribution in [2.45, 2.75) is 20.3 Å². The number of carboxylic acids is 1. The largest absolute Gasteiger partial charge is 0.497 e. The Morgan fingerprint density at radius 2 is 2.06 bits per heavy atom. The van der Waals surface area contributed by atoms with E-state index in [0.29, 0.717) is 11.4 Å². The zero-order chi connectivity index (χ0) is 13.8. The normalized spacial score (nSPS) is 10.8. The van der Waals surface area contributed by atoms with Gasteiger partial charge in [-0.25, -0.2) is 0 Å². The Morgan fingerprint density at radius 3 is 2.61 bits per heavy atom. The Bertz CT molecular complexity index is 454. The summed E-state index contributed by atoms with van der Waals surface area (Å²) in [5.41, 5.74) is -0.497. The van der Waals surface area contributed by atoms with Crippen molar-refractivity contribution in [3.63, 3.8) is 0 Å². The molecule has 0 bridgehead atoms. The van der Waals surface area contributed by atoms with Gasteiger partial charge in [-0.2, -0.15) is 0 Å². The van der Waals surface area contributed by atoms with E-state index in [1.54, 1.807) is 24.3 Å². The van der Waals surface area contributed by atoms with Gasteiger partial charge in [0.1, 0.15) is 5.75 Å². The van der Waals surface area contributed by atoms with Crippen LogP contribution in [0.5, 0.6) is 5.75 Å². The van der Waals surface area contributed by atoms with Crippen molar-refractivity contribution in [1.82, 2.24) is 0 Å². The second-order valence-electron chi connectivity index (χ2n) is 4.65. The zero-order valence-corrected chi connectivity index (χ0v) is 10.7. The topological polar surface area (TPSA) is 75.6 Å². The minimum Gasteiger partial charge on any atom is -0.497 e. The summed E-state index contributed by atoms with van der Waals surface area (Å²) in [7, 11) is 1.54. The number of carboxylic acid groups (broad SMARTS) is 1. The third kappa shape index (κ3) is 3.76. The van der Waals surface area contributed by atoms with E-state index in [1.807, 2.05) is 0 Å². The van der Waals surface area contributed by atoms with E-state index in [4.69, 9.17) is 9.84 Å². The first kappa shape index (κ1) is 14.0. The summed E-state index contributed by atoms with van der Waals surface area (Å²) in [6.07, 6.45) is -0.0838. The molecule has 0 saturated heterocycles. The van der Waals surface area contributed by atoms with E-state index in [2.05, 4.69) is 5.32 Å². The average molecular weight is 251 g/mol.